The van der Waals surface area contributed by atoms with Crippen molar-refractivity contribution in [1.82, 2.24) is 5.32 Å². The van der Waals surface area contributed by atoms with Crippen LogP contribution >= 0.6 is 0 Å². The maximum Gasteiger partial charge on any atom is 0.341 e. The number of rotatable bonds is 12. The van der Waals surface area contributed by atoms with Gasteiger partial charge in [0.1, 0.15) is 5.75 Å². The average molecular weight is 293 g/mol. The van der Waals surface area contributed by atoms with Gasteiger partial charge in [-0.1, -0.05) is 57.2 Å². The summed E-state index contributed by atoms with van der Waals surface area (Å²) in [5.74, 6) is -0.305. The summed E-state index contributed by atoms with van der Waals surface area (Å²) in [7, 11) is 0. The number of benzene rings is 1. The first-order chi connectivity index (χ1) is 10.2. The lowest BCUT2D eigenvalue weighted by Gasteiger charge is -2.10. The van der Waals surface area contributed by atoms with E-state index in [4.69, 9.17) is 9.84 Å². The molecule has 0 unspecified atom stereocenters. The Bertz CT molecular complexity index is 407. The van der Waals surface area contributed by atoms with Gasteiger partial charge in [-0.25, -0.2) is 4.79 Å². The molecular formula is C17H27NO3. The topological polar surface area (TPSA) is 58.6 Å². The number of hydrogen-bond donors (Lipinski definition) is 2. The lowest BCUT2D eigenvalue weighted by Crippen LogP contribution is -2.16. The minimum absolute atomic E-state index is 0.297. The van der Waals surface area contributed by atoms with Crippen molar-refractivity contribution in [2.75, 3.05) is 13.2 Å². The minimum atomic E-state index is -0.954. The molecule has 1 aromatic rings. The third-order valence-electron chi connectivity index (χ3n) is 3.35. The highest BCUT2D eigenvalue weighted by Crippen LogP contribution is 2.17. The molecule has 1 aromatic carbocycles. The molecule has 0 fully saturated rings. The Labute approximate surface area is 127 Å². The van der Waals surface area contributed by atoms with E-state index in [1.165, 1.54) is 38.5 Å². The maximum atomic E-state index is 10.6. The van der Waals surface area contributed by atoms with Crippen LogP contribution in [0.5, 0.6) is 5.75 Å². The van der Waals surface area contributed by atoms with Crippen LogP contribution in [-0.4, -0.2) is 24.2 Å². The van der Waals surface area contributed by atoms with Crippen LogP contribution < -0.4 is 10.1 Å². The van der Waals surface area contributed by atoms with Gasteiger partial charge in [-0.05, 0) is 19.0 Å². The molecule has 0 aromatic heterocycles. The zero-order valence-electron chi connectivity index (χ0n) is 12.9. The number of para-hydroxylation sites is 1. The third kappa shape index (κ3) is 8.35. The molecule has 0 radical (unpaired) electrons. The molecule has 1 rings (SSSR count). The zero-order valence-corrected chi connectivity index (χ0v) is 12.9. The van der Waals surface area contributed by atoms with Gasteiger partial charge in [-0.2, -0.15) is 0 Å². The predicted molar refractivity (Wildman–Crippen MR) is 84.7 cm³/mol. The summed E-state index contributed by atoms with van der Waals surface area (Å²) in [6.07, 6.45) is 7.72. The summed E-state index contributed by atoms with van der Waals surface area (Å²) < 4.78 is 5.28. The predicted octanol–water partition coefficient (Wildman–Crippen LogP) is 3.60. The first-order valence-electron chi connectivity index (χ1n) is 7.87. The van der Waals surface area contributed by atoms with Crippen LogP contribution in [0.15, 0.2) is 24.3 Å². The van der Waals surface area contributed by atoms with E-state index in [1.54, 1.807) is 0 Å². The Balaban J connectivity index is 2.20. The van der Waals surface area contributed by atoms with Crippen molar-refractivity contribution >= 4 is 5.97 Å². The number of nitrogens with one attached hydrogen (secondary N) is 1. The van der Waals surface area contributed by atoms with Crippen molar-refractivity contribution in [3.63, 3.8) is 0 Å². The molecule has 0 bridgehead atoms. The first kappa shape index (κ1) is 17.5. The zero-order chi connectivity index (χ0) is 15.3. The number of carboxylic acid groups (broad SMARTS) is 1. The highest BCUT2D eigenvalue weighted by Gasteiger charge is 2.04. The van der Waals surface area contributed by atoms with Crippen LogP contribution in [0.25, 0.3) is 0 Å². The molecular weight excluding hydrogens is 266 g/mol. The van der Waals surface area contributed by atoms with Gasteiger partial charge in [0.2, 0.25) is 0 Å². The summed E-state index contributed by atoms with van der Waals surface area (Å²) in [4.78, 5) is 10.6. The third-order valence-corrected chi connectivity index (χ3v) is 3.35. The van der Waals surface area contributed by atoms with Crippen LogP contribution in [0.4, 0.5) is 0 Å². The second-order valence-electron chi connectivity index (χ2n) is 5.23. The van der Waals surface area contributed by atoms with Gasteiger partial charge in [-0.15, -0.1) is 0 Å². The quantitative estimate of drug-likeness (QED) is 0.578. The Morgan fingerprint density at radius 3 is 2.62 bits per heavy atom. The molecule has 4 heteroatoms. The molecule has 0 heterocycles. The van der Waals surface area contributed by atoms with Gasteiger partial charge in [0.05, 0.1) is 0 Å². The van der Waals surface area contributed by atoms with Crippen LogP contribution in [0.2, 0.25) is 0 Å². The Hall–Kier alpha value is -1.55. The molecule has 0 saturated carbocycles. The van der Waals surface area contributed by atoms with Crippen LogP contribution in [0.1, 0.15) is 51.0 Å². The molecule has 0 spiro atoms. The number of ether oxygens (including phenoxy) is 1. The largest absolute Gasteiger partial charge is 0.482 e. The lowest BCUT2D eigenvalue weighted by molar-refractivity contribution is -0.139. The molecule has 21 heavy (non-hydrogen) atoms. The van der Waals surface area contributed by atoms with E-state index in [-0.39, 0.29) is 6.61 Å². The average Bonchev–Trinajstić information content (AvgIpc) is 2.48. The first-order valence-corrected chi connectivity index (χ1v) is 7.87. The highest BCUT2D eigenvalue weighted by atomic mass is 16.5. The number of aliphatic carboxylic acids is 1. The second-order valence-corrected chi connectivity index (χ2v) is 5.23. The van der Waals surface area contributed by atoms with Crippen LogP contribution in [-0.2, 0) is 11.3 Å². The van der Waals surface area contributed by atoms with Gasteiger partial charge >= 0.3 is 5.97 Å². The van der Waals surface area contributed by atoms with Gasteiger partial charge in [0.25, 0.3) is 0 Å². The fourth-order valence-corrected chi connectivity index (χ4v) is 2.18. The van der Waals surface area contributed by atoms with Crippen molar-refractivity contribution in [2.45, 2.75) is 52.0 Å². The van der Waals surface area contributed by atoms with Crippen molar-refractivity contribution in [3.05, 3.63) is 29.8 Å². The van der Waals surface area contributed by atoms with Crippen molar-refractivity contribution in [1.29, 1.82) is 0 Å². The van der Waals surface area contributed by atoms with Crippen LogP contribution in [0, 0.1) is 0 Å². The van der Waals surface area contributed by atoms with Gasteiger partial charge in [0.15, 0.2) is 6.61 Å². The van der Waals surface area contributed by atoms with E-state index < -0.39 is 5.97 Å². The fourth-order valence-electron chi connectivity index (χ4n) is 2.18. The number of carboxylic acids is 1. The Morgan fingerprint density at radius 2 is 1.86 bits per heavy atom. The summed E-state index contributed by atoms with van der Waals surface area (Å²) in [6.45, 7) is 3.63. The minimum Gasteiger partial charge on any atom is -0.482 e. The standard InChI is InChI=1S/C17H27NO3/c1-2-3-4-5-6-9-12-18-13-15-10-7-8-11-16(15)21-14-17(19)20/h7-8,10-11,18H,2-6,9,12-14H2,1H3,(H,19,20). The van der Waals surface area contributed by atoms with E-state index in [0.29, 0.717) is 12.3 Å². The summed E-state index contributed by atoms with van der Waals surface area (Å²) in [5, 5.41) is 12.1. The molecule has 4 nitrogen and oxygen atoms in total. The van der Waals surface area contributed by atoms with Crippen molar-refractivity contribution in [2.24, 2.45) is 0 Å². The van der Waals surface area contributed by atoms with Gasteiger partial charge in [0, 0.05) is 12.1 Å². The molecule has 2 N–H and O–H groups in total. The number of carbonyl (C=O) groups is 1. The summed E-state index contributed by atoms with van der Waals surface area (Å²) >= 11 is 0. The monoisotopic (exact) mass is 293 g/mol. The molecule has 0 saturated heterocycles. The van der Waals surface area contributed by atoms with E-state index in [1.807, 2.05) is 24.3 Å². The Morgan fingerprint density at radius 1 is 1.14 bits per heavy atom. The highest BCUT2D eigenvalue weighted by molar-refractivity contribution is 5.68. The number of hydrogen-bond acceptors (Lipinski definition) is 3. The van der Waals surface area contributed by atoms with E-state index in [9.17, 15) is 4.79 Å². The summed E-state index contributed by atoms with van der Waals surface area (Å²) in [6, 6.07) is 7.57. The smallest absolute Gasteiger partial charge is 0.341 e. The van der Waals surface area contributed by atoms with Gasteiger partial charge in [-0.3, -0.25) is 0 Å². The number of unbranched alkanes of at least 4 members (excludes halogenated alkanes) is 5. The molecule has 0 aliphatic heterocycles. The Kier molecular flexibility index (Phi) is 9.29. The molecule has 0 amide bonds. The van der Waals surface area contributed by atoms with Crippen molar-refractivity contribution in [3.8, 4) is 5.75 Å². The summed E-state index contributed by atoms with van der Waals surface area (Å²) in [5.41, 5.74) is 1.00. The second kappa shape index (κ2) is 11.1. The van der Waals surface area contributed by atoms with E-state index in [2.05, 4.69) is 12.2 Å². The van der Waals surface area contributed by atoms with Crippen molar-refractivity contribution < 1.29 is 14.6 Å². The molecule has 0 aliphatic rings. The SMILES string of the molecule is CCCCCCCCNCc1ccccc1OCC(=O)O. The van der Waals surface area contributed by atoms with Gasteiger partial charge < -0.3 is 15.2 Å². The van der Waals surface area contributed by atoms with E-state index >= 15 is 0 Å². The molecule has 0 aliphatic carbocycles. The van der Waals surface area contributed by atoms with E-state index in [0.717, 1.165) is 12.1 Å². The normalized spacial score (nSPS) is 10.5. The molecule has 0 atom stereocenters. The lowest BCUT2D eigenvalue weighted by atomic mass is 10.1. The maximum absolute atomic E-state index is 10.6. The molecule has 118 valence electrons. The fraction of sp³-hybridized carbons (Fsp3) is 0.588. The van der Waals surface area contributed by atoms with Crippen LogP contribution in [0.3, 0.4) is 0 Å².